The molecule has 2 aromatic heterocycles. The first-order chi connectivity index (χ1) is 8.52. The molecule has 0 fully saturated rings. The number of anilines is 1. The molecule has 0 aromatic carbocycles. The van der Waals surface area contributed by atoms with E-state index in [0.29, 0.717) is 5.13 Å². The fourth-order valence-electron chi connectivity index (χ4n) is 1.68. The van der Waals surface area contributed by atoms with Crippen molar-refractivity contribution in [2.75, 3.05) is 5.73 Å². The Bertz CT molecular complexity index is 562. The molecule has 0 aliphatic rings. The van der Waals surface area contributed by atoms with Gasteiger partial charge in [0.05, 0.1) is 26.3 Å². The molecule has 0 aliphatic carbocycles. The van der Waals surface area contributed by atoms with E-state index in [4.69, 9.17) is 17.3 Å². The lowest BCUT2D eigenvalue weighted by Crippen LogP contribution is -2.01. The number of hydrogen-bond acceptors (Lipinski definition) is 5. The zero-order valence-electron chi connectivity index (χ0n) is 10.5. The fraction of sp³-hybridized carbons (Fsp3) is 0.455. The Labute approximate surface area is 120 Å². The van der Waals surface area contributed by atoms with Gasteiger partial charge in [-0.2, -0.15) is 5.10 Å². The molecule has 0 bridgehead atoms. The van der Waals surface area contributed by atoms with Crippen molar-refractivity contribution in [3.05, 3.63) is 22.1 Å². The monoisotopic (exact) mass is 302 g/mol. The van der Waals surface area contributed by atoms with Crippen LogP contribution in [0.15, 0.2) is 4.21 Å². The number of halogens is 1. The highest BCUT2D eigenvalue weighted by atomic mass is 35.5. The zero-order chi connectivity index (χ0) is 13.3. The second-order valence-corrected chi connectivity index (χ2v) is 6.53. The van der Waals surface area contributed by atoms with Gasteiger partial charge in [0.2, 0.25) is 0 Å². The smallest absolute Gasteiger partial charge is 0.181 e. The molecule has 4 nitrogen and oxygen atoms in total. The number of aryl methyl sites for hydroxylation is 3. The predicted molar refractivity (Wildman–Crippen MR) is 78.5 cm³/mol. The van der Waals surface area contributed by atoms with Crippen LogP contribution in [0.1, 0.15) is 24.0 Å². The number of nitrogens with zero attached hydrogens (tertiary/aromatic N) is 3. The number of thiazole rings is 1. The maximum atomic E-state index is 6.27. The van der Waals surface area contributed by atoms with E-state index in [1.807, 2.05) is 18.5 Å². The van der Waals surface area contributed by atoms with Gasteiger partial charge < -0.3 is 5.73 Å². The Balaban J connectivity index is 2.17. The first-order valence-corrected chi connectivity index (χ1v) is 7.78. The number of nitrogens with two attached hydrogens (primary N) is 1. The molecule has 7 heteroatoms. The lowest BCUT2D eigenvalue weighted by Gasteiger charge is -2.04. The summed E-state index contributed by atoms with van der Waals surface area (Å²) in [5.74, 6) is 0.788. The van der Waals surface area contributed by atoms with Crippen molar-refractivity contribution < 1.29 is 0 Å². The van der Waals surface area contributed by atoms with E-state index in [0.717, 1.165) is 38.6 Å². The van der Waals surface area contributed by atoms with E-state index in [9.17, 15) is 0 Å². The lowest BCUT2D eigenvalue weighted by atomic mass is 10.4. The molecule has 2 rings (SSSR count). The summed E-state index contributed by atoms with van der Waals surface area (Å²) in [6, 6.07) is 0. The number of rotatable bonds is 4. The van der Waals surface area contributed by atoms with Crippen molar-refractivity contribution >= 4 is 39.8 Å². The van der Waals surface area contributed by atoms with Gasteiger partial charge in [-0.3, -0.25) is 4.68 Å². The van der Waals surface area contributed by atoms with Crippen molar-refractivity contribution in [2.24, 2.45) is 0 Å². The molecule has 0 amide bonds. The highest BCUT2D eigenvalue weighted by Gasteiger charge is 2.14. The third-order valence-corrected chi connectivity index (χ3v) is 5.42. The van der Waals surface area contributed by atoms with Crippen molar-refractivity contribution in [1.82, 2.24) is 14.8 Å². The highest BCUT2D eigenvalue weighted by Crippen LogP contribution is 2.34. The third kappa shape index (κ3) is 2.65. The average Bonchev–Trinajstić information content (AvgIpc) is 2.78. The Morgan fingerprint density at radius 3 is 2.67 bits per heavy atom. The van der Waals surface area contributed by atoms with Crippen LogP contribution in [-0.2, 0) is 12.3 Å². The summed E-state index contributed by atoms with van der Waals surface area (Å²) in [5.41, 5.74) is 8.62. The van der Waals surface area contributed by atoms with Crippen LogP contribution in [0, 0.1) is 13.8 Å². The van der Waals surface area contributed by atoms with Gasteiger partial charge in [0.15, 0.2) is 5.13 Å². The van der Waals surface area contributed by atoms with Gasteiger partial charge in [0.25, 0.3) is 0 Å². The normalized spacial score (nSPS) is 11.1. The van der Waals surface area contributed by atoms with Crippen molar-refractivity contribution in [3.63, 3.8) is 0 Å². The van der Waals surface area contributed by atoms with Crippen molar-refractivity contribution in [2.45, 2.75) is 37.3 Å². The second kappa shape index (κ2) is 5.50. The standard InChI is InChI=1S/C11H15ClN4S2/c1-4-16-8(9(12)6(2)15-16)5-17-10-7(3)14-11(13)18-10/h4-5H2,1-3H3,(H2,13,14). The Morgan fingerprint density at radius 1 is 1.39 bits per heavy atom. The van der Waals surface area contributed by atoms with Gasteiger partial charge in [0, 0.05) is 12.3 Å². The van der Waals surface area contributed by atoms with E-state index in [1.165, 1.54) is 11.3 Å². The first kappa shape index (κ1) is 13.7. The van der Waals surface area contributed by atoms with Crippen molar-refractivity contribution in [3.8, 4) is 0 Å². The summed E-state index contributed by atoms with van der Waals surface area (Å²) in [6.45, 7) is 6.79. The minimum absolute atomic E-state index is 0.612. The van der Waals surface area contributed by atoms with Gasteiger partial charge in [-0.25, -0.2) is 4.98 Å². The van der Waals surface area contributed by atoms with E-state index < -0.39 is 0 Å². The molecule has 18 heavy (non-hydrogen) atoms. The summed E-state index contributed by atoms with van der Waals surface area (Å²) in [4.78, 5) is 4.21. The Kier molecular flexibility index (Phi) is 4.19. The molecule has 0 aliphatic heterocycles. The number of hydrogen-bond donors (Lipinski definition) is 1. The van der Waals surface area contributed by atoms with Crippen LogP contribution in [-0.4, -0.2) is 14.8 Å². The Morgan fingerprint density at radius 2 is 2.11 bits per heavy atom. The number of thioether (sulfide) groups is 1. The van der Waals surface area contributed by atoms with Gasteiger partial charge >= 0.3 is 0 Å². The molecule has 0 spiro atoms. The van der Waals surface area contributed by atoms with Crippen LogP contribution >= 0.6 is 34.7 Å². The number of aromatic nitrogens is 3. The zero-order valence-corrected chi connectivity index (χ0v) is 12.9. The minimum Gasteiger partial charge on any atom is -0.375 e. The second-order valence-electron chi connectivity index (χ2n) is 3.88. The van der Waals surface area contributed by atoms with Gasteiger partial charge in [0.1, 0.15) is 0 Å². The molecular weight excluding hydrogens is 288 g/mol. The maximum absolute atomic E-state index is 6.27. The molecule has 98 valence electrons. The molecule has 2 aromatic rings. The maximum Gasteiger partial charge on any atom is 0.181 e. The summed E-state index contributed by atoms with van der Waals surface area (Å²) < 4.78 is 3.09. The summed E-state index contributed by atoms with van der Waals surface area (Å²) in [5, 5.41) is 5.78. The molecule has 0 atom stereocenters. The van der Waals surface area contributed by atoms with Crippen LogP contribution in [0.2, 0.25) is 5.02 Å². The third-order valence-electron chi connectivity index (χ3n) is 2.56. The molecular formula is C11H15ClN4S2. The molecule has 0 saturated heterocycles. The van der Waals surface area contributed by atoms with Crippen LogP contribution in [0.5, 0.6) is 0 Å². The van der Waals surface area contributed by atoms with Crippen LogP contribution < -0.4 is 5.73 Å². The summed E-state index contributed by atoms with van der Waals surface area (Å²) >= 11 is 9.50. The van der Waals surface area contributed by atoms with Crippen LogP contribution in [0.4, 0.5) is 5.13 Å². The molecule has 0 saturated carbocycles. The molecule has 2 N–H and O–H groups in total. The lowest BCUT2D eigenvalue weighted by molar-refractivity contribution is 0.632. The van der Waals surface area contributed by atoms with E-state index in [-0.39, 0.29) is 0 Å². The topological polar surface area (TPSA) is 56.7 Å². The quantitative estimate of drug-likeness (QED) is 0.878. The van der Waals surface area contributed by atoms with Gasteiger partial charge in [-0.1, -0.05) is 22.9 Å². The largest absolute Gasteiger partial charge is 0.375 e. The van der Waals surface area contributed by atoms with Crippen LogP contribution in [0.25, 0.3) is 0 Å². The predicted octanol–water partition coefficient (Wildman–Crippen LogP) is 3.50. The average molecular weight is 303 g/mol. The van der Waals surface area contributed by atoms with E-state index >= 15 is 0 Å². The molecule has 0 radical (unpaired) electrons. The first-order valence-electron chi connectivity index (χ1n) is 5.60. The molecule has 0 unspecified atom stereocenters. The summed E-state index contributed by atoms with van der Waals surface area (Å²) in [7, 11) is 0. The van der Waals surface area contributed by atoms with Crippen LogP contribution in [0.3, 0.4) is 0 Å². The fourth-order valence-corrected chi connectivity index (χ4v) is 4.01. The van der Waals surface area contributed by atoms with Gasteiger partial charge in [-0.05, 0) is 20.8 Å². The van der Waals surface area contributed by atoms with Crippen molar-refractivity contribution in [1.29, 1.82) is 0 Å². The molecule has 2 heterocycles. The van der Waals surface area contributed by atoms with E-state index in [2.05, 4.69) is 17.0 Å². The Hall–Kier alpha value is -0.720. The highest BCUT2D eigenvalue weighted by molar-refractivity contribution is 8.00. The number of nitrogen functional groups attached to an aromatic ring is 1. The van der Waals surface area contributed by atoms with Gasteiger partial charge in [-0.15, -0.1) is 11.8 Å². The summed E-state index contributed by atoms with van der Waals surface area (Å²) in [6.07, 6.45) is 0. The SMILES string of the molecule is CCn1nc(C)c(Cl)c1CSc1sc(N)nc1C. The van der Waals surface area contributed by atoms with E-state index in [1.54, 1.807) is 11.8 Å². The minimum atomic E-state index is 0.612.